The van der Waals surface area contributed by atoms with Gasteiger partial charge in [0.05, 0.1) is 5.60 Å². The molecule has 0 radical (unpaired) electrons. The minimum absolute atomic E-state index is 0.115. The molecule has 1 saturated heterocycles. The molecular weight excluding hydrogens is 281 g/mol. The number of nitrogens with one attached hydrogen (secondary N) is 1. The van der Waals surface area contributed by atoms with Crippen molar-refractivity contribution in [1.82, 2.24) is 5.32 Å². The number of hydrogen-bond donors (Lipinski definition) is 1. The van der Waals surface area contributed by atoms with Crippen molar-refractivity contribution in [3.8, 4) is 0 Å². The molecule has 0 aliphatic carbocycles. The lowest BCUT2D eigenvalue weighted by atomic mass is 9.85. The molecule has 1 N–H and O–H groups in total. The van der Waals surface area contributed by atoms with Gasteiger partial charge in [-0.15, -0.1) is 0 Å². The van der Waals surface area contributed by atoms with Gasteiger partial charge in [0.15, 0.2) is 0 Å². The number of hydrogen-bond acceptors (Lipinski definition) is 2. The van der Waals surface area contributed by atoms with Crippen molar-refractivity contribution in [1.29, 1.82) is 0 Å². The number of rotatable bonds is 4. The molecule has 0 spiro atoms. The third kappa shape index (κ3) is 3.63. The van der Waals surface area contributed by atoms with E-state index in [2.05, 4.69) is 12.2 Å². The third-order valence-corrected chi connectivity index (χ3v) is 4.61. The minimum Gasteiger partial charge on any atom is -0.374 e. The fraction of sp³-hybridized carbons (Fsp3) is 0.600. The number of benzene rings is 1. The van der Waals surface area contributed by atoms with Crippen LogP contribution in [0.1, 0.15) is 31.7 Å². The first kappa shape index (κ1) is 15.1. The van der Waals surface area contributed by atoms with E-state index in [0.29, 0.717) is 5.02 Å². The third-order valence-electron chi connectivity index (χ3n) is 4.02. The molecule has 1 fully saturated rings. The van der Waals surface area contributed by atoms with Crippen molar-refractivity contribution in [3.63, 3.8) is 0 Å². The van der Waals surface area contributed by atoms with Crippen LogP contribution in [0.2, 0.25) is 10.0 Å². The van der Waals surface area contributed by atoms with Crippen LogP contribution in [0.15, 0.2) is 18.2 Å². The van der Waals surface area contributed by atoms with Crippen molar-refractivity contribution in [2.75, 3.05) is 13.7 Å². The average Bonchev–Trinajstić information content (AvgIpc) is 2.38. The predicted molar refractivity (Wildman–Crippen MR) is 81.2 cm³/mol. The minimum atomic E-state index is -0.115. The molecule has 2 unspecified atom stereocenters. The first-order chi connectivity index (χ1) is 9.05. The molecule has 4 heteroatoms. The molecule has 1 aromatic carbocycles. The lowest BCUT2D eigenvalue weighted by molar-refractivity contribution is -0.0870. The fourth-order valence-electron chi connectivity index (χ4n) is 2.76. The molecule has 1 aliphatic rings. The lowest BCUT2D eigenvalue weighted by Crippen LogP contribution is -2.52. The Labute approximate surface area is 125 Å². The van der Waals surface area contributed by atoms with E-state index in [1.54, 1.807) is 6.07 Å². The van der Waals surface area contributed by atoms with E-state index in [4.69, 9.17) is 27.9 Å². The van der Waals surface area contributed by atoms with Gasteiger partial charge in [0.25, 0.3) is 0 Å². The Kier molecular flexibility index (Phi) is 5.13. The van der Waals surface area contributed by atoms with Gasteiger partial charge in [-0.3, -0.25) is 0 Å². The second-order valence-corrected chi connectivity index (χ2v) is 6.24. The summed E-state index contributed by atoms with van der Waals surface area (Å²) in [4.78, 5) is 0. The van der Waals surface area contributed by atoms with Crippen LogP contribution in [0.4, 0.5) is 0 Å². The van der Waals surface area contributed by atoms with Crippen LogP contribution in [0.5, 0.6) is 0 Å². The maximum Gasteiger partial charge on any atom is 0.0809 e. The van der Waals surface area contributed by atoms with E-state index in [9.17, 15) is 0 Å². The van der Waals surface area contributed by atoms with Crippen molar-refractivity contribution in [3.05, 3.63) is 33.8 Å². The van der Waals surface area contributed by atoms with E-state index in [1.807, 2.05) is 19.2 Å². The van der Waals surface area contributed by atoms with E-state index < -0.39 is 0 Å². The highest BCUT2D eigenvalue weighted by Gasteiger charge is 2.36. The summed E-state index contributed by atoms with van der Waals surface area (Å²) in [6, 6.07) is 5.95. The maximum atomic E-state index is 6.26. The number of ether oxygens (including phenoxy) is 1. The second-order valence-electron chi connectivity index (χ2n) is 5.40. The largest absolute Gasteiger partial charge is 0.374 e. The number of halogens is 2. The molecule has 106 valence electrons. The summed E-state index contributed by atoms with van der Waals surface area (Å²) < 4.78 is 6.02. The molecule has 2 atom stereocenters. The fourth-order valence-corrected chi connectivity index (χ4v) is 3.25. The van der Waals surface area contributed by atoms with Gasteiger partial charge in [0, 0.05) is 22.7 Å². The first-order valence-corrected chi connectivity index (χ1v) is 7.56. The monoisotopic (exact) mass is 301 g/mol. The molecule has 2 rings (SSSR count). The summed E-state index contributed by atoms with van der Waals surface area (Å²) in [5.74, 6) is 0. The average molecular weight is 302 g/mol. The van der Waals surface area contributed by atoms with E-state index in [-0.39, 0.29) is 11.6 Å². The second kappa shape index (κ2) is 6.45. The van der Waals surface area contributed by atoms with Crippen LogP contribution in [0.25, 0.3) is 0 Å². The van der Waals surface area contributed by atoms with Gasteiger partial charge in [0.1, 0.15) is 0 Å². The zero-order chi connectivity index (χ0) is 13.9. The highest BCUT2D eigenvalue weighted by Crippen LogP contribution is 2.31. The van der Waals surface area contributed by atoms with E-state index in [0.717, 1.165) is 36.5 Å². The smallest absolute Gasteiger partial charge is 0.0809 e. The summed E-state index contributed by atoms with van der Waals surface area (Å²) in [7, 11) is 1.98. The molecule has 0 saturated carbocycles. The topological polar surface area (TPSA) is 21.3 Å². The van der Waals surface area contributed by atoms with Crippen LogP contribution in [-0.2, 0) is 11.2 Å². The van der Waals surface area contributed by atoms with Crippen LogP contribution < -0.4 is 5.32 Å². The summed E-state index contributed by atoms with van der Waals surface area (Å²) in [6.45, 7) is 3.04. The SMILES string of the molecule is CNC(Cc1ccc(Cl)cc1Cl)C1(C)CCCCO1. The predicted octanol–water partition coefficient (Wildman–Crippen LogP) is 4.08. The van der Waals surface area contributed by atoms with Gasteiger partial charge >= 0.3 is 0 Å². The summed E-state index contributed by atoms with van der Waals surface area (Å²) in [5, 5.41) is 4.79. The summed E-state index contributed by atoms with van der Waals surface area (Å²) in [5.41, 5.74) is 0.997. The molecule has 1 aliphatic heterocycles. The van der Waals surface area contributed by atoms with Crippen molar-refractivity contribution < 1.29 is 4.74 Å². The number of likely N-dealkylation sites (N-methyl/N-ethyl adjacent to an activating group) is 1. The summed E-state index contributed by atoms with van der Waals surface area (Å²) >= 11 is 12.2. The van der Waals surface area contributed by atoms with E-state index in [1.165, 1.54) is 6.42 Å². The van der Waals surface area contributed by atoms with Gasteiger partial charge in [-0.1, -0.05) is 29.3 Å². The van der Waals surface area contributed by atoms with Crippen LogP contribution in [0.3, 0.4) is 0 Å². The normalized spacial score (nSPS) is 25.3. The molecule has 2 nitrogen and oxygen atoms in total. The Bertz CT molecular complexity index is 430. The Morgan fingerprint density at radius 3 is 2.74 bits per heavy atom. The zero-order valence-corrected chi connectivity index (χ0v) is 13.0. The Hall–Kier alpha value is -0.280. The van der Waals surface area contributed by atoms with Crippen LogP contribution >= 0.6 is 23.2 Å². The molecule has 0 bridgehead atoms. The van der Waals surface area contributed by atoms with Gasteiger partial charge in [-0.2, -0.15) is 0 Å². The Morgan fingerprint density at radius 1 is 1.37 bits per heavy atom. The molecule has 0 amide bonds. The van der Waals surface area contributed by atoms with Gasteiger partial charge < -0.3 is 10.1 Å². The van der Waals surface area contributed by atoms with Gasteiger partial charge in [-0.05, 0) is 57.4 Å². The van der Waals surface area contributed by atoms with Crippen LogP contribution in [0, 0.1) is 0 Å². The lowest BCUT2D eigenvalue weighted by Gasteiger charge is -2.40. The van der Waals surface area contributed by atoms with Crippen LogP contribution in [-0.4, -0.2) is 25.3 Å². The first-order valence-electron chi connectivity index (χ1n) is 6.80. The maximum absolute atomic E-state index is 6.26. The van der Waals surface area contributed by atoms with Gasteiger partial charge in [-0.25, -0.2) is 0 Å². The van der Waals surface area contributed by atoms with E-state index >= 15 is 0 Å². The highest BCUT2D eigenvalue weighted by molar-refractivity contribution is 6.35. The quantitative estimate of drug-likeness (QED) is 0.904. The summed E-state index contributed by atoms with van der Waals surface area (Å²) in [6.07, 6.45) is 4.32. The molecule has 19 heavy (non-hydrogen) atoms. The molecule has 1 heterocycles. The van der Waals surface area contributed by atoms with Crippen molar-refractivity contribution in [2.24, 2.45) is 0 Å². The Morgan fingerprint density at radius 2 is 2.16 bits per heavy atom. The highest BCUT2D eigenvalue weighted by atomic mass is 35.5. The molecular formula is C15H21Cl2NO. The van der Waals surface area contributed by atoms with Crippen molar-refractivity contribution in [2.45, 2.75) is 44.2 Å². The molecule has 1 aromatic rings. The molecule has 0 aromatic heterocycles. The van der Waals surface area contributed by atoms with Gasteiger partial charge in [0.2, 0.25) is 0 Å². The Balaban J connectivity index is 2.14. The van der Waals surface area contributed by atoms with Crippen molar-refractivity contribution >= 4 is 23.2 Å². The standard InChI is InChI=1S/C15H21Cl2NO/c1-15(7-3-4-8-19-15)14(18-2)9-11-5-6-12(16)10-13(11)17/h5-6,10,14,18H,3-4,7-9H2,1-2H3. The zero-order valence-electron chi connectivity index (χ0n) is 11.5.